The van der Waals surface area contributed by atoms with Crippen LogP contribution in [-0.4, -0.2) is 37.1 Å². The van der Waals surface area contributed by atoms with Gasteiger partial charge >= 0.3 is 0 Å². The second-order valence-corrected chi connectivity index (χ2v) is 7.92. The van der Waals surface area contributed by atoms with E-state index in [9.17, 15) is 0 Å². The van der Waals surface area contributed by atoms with Gasteiger partial charge in [0.1, 0.15) is 0 Å². The van der Waals surface area contributed by atoms with Crippen LogP contribution >= 0.6 is 0 Å². The van der Waals surface area contributed by atoms with Crippen LogP contribution in [0.15, 0.2) is 0 Å². The van der Waals surface area contributed by atoms with Gasteiger partial charge in [0.25, 0.3) is 0 Å². The summed E-state index contributed by atoms with van der Waals surface area (Å²) in [5.41, 5.74) is 0.438. The van der Waals surface area contributed by atoms with Crippen molar-refractivity contribution in [2.24, 2.45) is 5.92 Å². The summed E-state index contributed by atoms with van der Waals surface area (Å²) < 4.78 is 0. The van der Waals surface area contributed by atoms with E-state index in [1.54, 1.807) is 0 Å². The Morgan fingerprint density at radius 1 is 0.952 bits per heavy atom. The predicted octanol–water partition coefficient (Wildman–Crippen LogP) is 4.59. The molecule has 0 spiro atoms. The lowest BCUT2D eigenvalue weighted by Crippen LogP contribution is -2.54. The highest BCUT2D eigenvalue weighted by Crippen LogP contribution is 2.32. The fourth-order valence-electron chi connectivity index (χ4n) is 4.61. The van der Waals surface area contributed by atoms with E-state index in [4.69, 9.17) is 0 Å². The van der Waals surface area contributed by atoms with Crippen LogP contribution in [0.4, 0.5) is 0 Å². The predicted molar refractivity (Wildman–Crippen MR) is 92.8 cm³/mol. The molecule has 2 fully saturated rings. The van der Waals surface area contributed by atoms with Crippen LogP contribution in [0.3, 0.4) is 0 Å². The van der Waals surface area contributed by atoms with Crippen LogP contribution in [0, 0.1) is 5.92 Å². The zero-order valence-corrected chi connectivity index (χ0v) is 14.8. The molecule has 0 saturated heterocycles. The Balaban J connectivity index is 1.80. The van der Waals surface area contributed by atoms with Gasteiger partial charge in [-0.05, 0) is 52.1 Å². The summed E-state index contributed by atoms with van der Waals surface area (Å²) in [5, 5.41) is 3.97. The smallest absolute Gasteiger partial charge is 0.0327 e. The van der Waals surface area contributed by atoms with Crippen molar-refractivity contribution in [3.05, 3.63) is 0 Å². The van der Waals surface area contributed by atoms with Crippen LogP contribution < -0.4 is 5.32 Å². The van der Waals surface area contributed by atoms with Gasteiger partial charge in [0.2, 0.25) is 0 Å². The molecule has 0 amide bonds. The lowest BCUT2D eigenvalue weighted by Gasteiger charge is -2.44. The monoisotopic (exact) mass is 294 g/mol. The average Bonchev–Trinajstić information content (AvgIpc) is 2.72. The first-order valence-electron chi connectivity index (χ1n) is 9.57. The molecule has 0 aromatic rings. The van der Waals surface area contributed by atoms with E-state index in [0.717, 1.165) is 12.0 Å². The Kier molecular flexibility index (Phi) is 7.01. The first-order valence-corrected chi connectivity index (χ1v) is 9.57. The van der Waals surface area contributed by atoms with Crippen molar-refractivity contribution in [3.63, 3.8) is 0 Å². The van der Waals surface area contributed by atoms with E-state index in [2.05, 4.69) is 31.2 Å². The van der Waals surface area contributed by atoms with Crippen molar-refractivity contribution in [1.29, 1.82) is 0 Å². The highest BCUT2D eigenvalue weighted by molar-refractivity contribution is 4.93. The minimum atomic E-state index is 0.438. The van der Waals surface area contributed by atoms with Crippen LogP contribution in [0.2, 0.25) is 0 Å². The van der Waals surface area contributed by atoms with E-state index < -0.39 is 0 Å². The summed E-state index contributed by atoms with van der Waals surface area (Å²) in [6.07, 6.45) is 17.1. The third kappa shape index (κ3) is 4.96. The molecule has 2 heteroatoms. The summed E-state index contributed by atoms with van der Waals surface area (Å²) in [6, 6.07) is 0.783. The second-order valence-electron chi connectivity index (χ2n) is 7.92. The van der Waals surface area contributed by atoms with Crippen LogP contribution in [0.25, 0.3) is 0 Å². The highest BCUT2D eigenvalue weighted by Gasteiger charge is 2.34. The van der Waals surface area contributed by atoms with Crippen LogP contribution in [0.1, 0.15) is 84.0 Å². The maximum Gasteiger partial charge on any atom is 0.0327 e. The topological polar surface area (TPSA) is 15.3 Å². The van der Waals surface area contributed by atoms with E-state index in [-0.39, 0.29) is 0 Å². The normalized spacial score (nSPS) is 30.3. The molecule has 0 bridgehead atoms. The molecule has 2 aliphatic rings. The van der Waals surface area contributed by atoms with E-state index in [1.807, 2.05) is 0 Å². The Morgan fingerprint density at radius 2 is 1.71 bits per heavy atom. The van der Waals surface area contributed by atoms with Crippen molar-refractivity contribution >= 4 is 0 Å². The fourth-order valence-corrected chi connectivity index (χ4v) is 4.61. The summed E-state index contributed by atoms with van der Waals surface area (Å²) in [6.45, 7) is 3.55. The van der Waals surface area contributed by atoms with Crippen molar-refractivity contribution in [2.45, 2.75) is 95.6 Å². The maximum absolute atomic E-state index is 3.97. The number of hydrogen-bond donors (Lipinski definition) is 1. The molecule has 2 nitrogen and oxygen atoms in total. The molecular weight excluding hydrogens is 256 g/mol. The Morgan fingerprint density at radius 3 is 2.38 bits per heavy atom. The molecule has 1 N–H and O–H groups in total. The highest BCUT2D eigenvalue weighted by atomic mass is 15.2. The molecule has 0 radical (unpaired) electrons. The number of nitrogens with zero attached hydrogens (tertiary/aromatic N) is 1. The largest absolute Gasteiger partial charge is 0.312 e. The molecule has 21 heavy (non-hydrogen) atoms. The molecule has 2 saturated carbocycles. The van der Waals surface area contributed by atoms with Gasteiger partial charge in [-0.15, -0.1) is 0 Å². The molecule has 2 aliphatic carbocycles. The summed E-state index contributed by atoms with van der Waals surface area (Å²) in [4.78, 5) is 2.51. The minimum Gasteiger partial charge on any atom is -0.312 e. The molecule has 0 aromatic carbocycles. The lowest BCUT2D eigenvalue weighted by atomic mass is 9.80. The standard InChI is InChI=1S/C19H38N2/c1-4-9-17-10-8-11-18(13-12-17)20-16-19(21(2)3)14-6-5-7-15-19/h17-18,20H,4-16H2,1-3H3. The first kappa shape index (κ1) is 17.3. The SMILES string of the molecule is CCCC1CCCC(NCC2(N(C)C)CCCCC2)CC1. The number of nitrogens with one attached hydrogen (secondary N) is 1. The Labute approximate surface area is 133 Å². The molecule has 0 aliphatic heterocycles. The minimum absolute atomic E-state index is 0.438. The van der Waals surface area contributed by atoms with Gasteiger partial charge < -0.3 is 10.2 Å². The number of rotatable bonds is 6. The van der Waals surface area contributed by atoms with Gasteiger partial charge in [-0.1, -0.05) is 51.9 Å². The number of hydrogen-bond acceptors (Lipinski definition) is 2. The van der Waals surface area contributed by atoms with Gasteiger partial charge in [0, 0.05) is 18.1 Å². The quantitative estimate of drug-likeness (QED) is 0.721. The lowest BCUT2D eigenvalue weighted by molar-refractivity contribution is 0.0943. The van der Waals surface area contributed by atoms with Crippen LogP contribution in [-0.2, 0) is 0 Å². The van der Waals surface area contributed by atoms with Gasteiger partial charge in [-0.3, -0.25) is 0 Å². The molecule has 2 rings (SSSR count). The van der Waals surface area contributed by atoms with E-state index in [0.29, 0.717) is 5.54 Å². The summed E-state index contributed by atoms with van der Waals surface area (Å²) >= 11 is 0. The molecule has 2 atom stereocenters. The molecule has 0 aromatic heterocycles. The Bertz CT molecular complexity index is 281. The molecule has 2 unspecified atom stereocenters. The molecule has 0 heterocycles. The second kappa shape index (κ2) is 8.53. The van der Waals surface area contributed by atoms with E-state index in [1.165, 1.54) is 83.6 Å². The summed E-state index contributed by atoms with van der Waals surface area (Å²) in [7, 11) is 4.58. The van der Waals surface area contributed by atoms with Crippen LogP contribution in [0.5, 0.6) is 0 Å². The zero-order chi connectivity index (χ0) is 15.1. The third-order valence-corrected chi connectivity index (χ3v) is 6.24. The third-order valence-electron chi connectivity index (χ3n) is 6.24. The van der Waals surface area contributed by atoms with E-state index >= 15 is 0 Å². The van der Waals surface area contributed by atoms with Gasteiger partial charge in [0.05, 0.1) is 0 Å². The van der Waals surface area contributed by atoms with Crippen molar-refractivity contribution < 1.29 is 0 Å². The van der Waals surface area contributed by atoms with Gasteiger partial charge in [-0.2, -0.15) is 0 Å². The number of likely N-dealkylation sites (N-methyl/N-ethyl adjacent to an activating group) is 1. The first-order chi connectivity index (χ1) is 10.2. The molecular formula is C19H38N2. The fraction of sp³-hybridized carbons (Fsp3) is 1.00. The van der Waals surface area contributed by atoms with Gasteiger partial charge in [0.15, 0.2) is 0 Å². The van der Waals surface area contributed by atoms with Gasteiger partial charge in [-0.25, -0.2) is 0 Å². The maximum atomic E-state index is 3.97. The van der Waals surface area contributed by atoms with Crippen molar-refractivity contribution in [1.82, 2.24) is 10.2 Å². The van der Waals surface area contributed by atoms with Crippen molar-refractivity contribution in [2.75, 3.05) is 20.6 Å². The zero-order valence-electron chi connectivity index (χ0n) is 14.8. The molecule has 124 valence electrons. The van der Waals surface area contributed by atoms with Crippen molar-refractivity contribution in [3.8, 4) is 0 Å². The Hall–Kier alpha value is -0.0800. The average molecular weight is 295 g/mol. The summed E-state index contributed by atoms with van der Waals surface area (Å²) in [5.74, 6) is 1.01.